The molecule has 0 aromatic rings. The third-order valence-corrected chi connectivity index (χ3v) is 5.64. The molecule has 0 bridgehead atoms. The van der Waals surface area contributed by atoms with Crippen LogP contribution in [-0.4, -0.2) is 39.4 Å². The molecule has 1 aliphatic heterocycles. The van der Waals surface area contributed by atoms with Crippen LogP contribution in [0.5, 0.6) is 0 Å². The van der Waals surface area contributed by atoms with Crippen LogP contribution in [0.25, 0.3) is 0 Å². The third-order valence-electron chi connectivity index (χ3n) is 4.38. The second kappa shape index (κ2) is 9.04. The fourth-order valence-electron chi connectivity index (χ4n) is 2.90. The van der Waals surface area contributed by atoms with Crippen molar-refractivity contribution in [3.63, 3.8) is 0 Å². The molecule has 1 aliphatic rings. The molecule has 0 spiro atoms. The van der Waals surface area contributed by atoms with Crippen LogP contribution >= 0.6 is 15.9 Å². The second-order valence-electron chi connectivity index (χ2n) is 5.92. The average Bonchev–Trinajstić information content (AvgIpc) is 2.74. The summed E-state index contributed by atoms with van der Waals surface area (Å²) in [4.78, 5) is 14.0. The average molecular weight is 348 g/mol. The quantitative estimate of drug-likeness (QED) is 0.481. The van der Waals surface area contributed by atoms with Gasteiger partial charge >= 0.3 is 0 Å². The van der Waals surface area contributed by atoms with Crippen LogP contribution in [0.4, 0.5) is 0 Å². The minimum absolute atomic E-state index is 0.0652. The van der Waals surface area contributed by atoms with Gasteiger partial charge in [0.2, 0.25) is 5.91 Å². The van der Waals surface area contributed by atoms with Gasteiger partial charge in [-0.05, 0) is 19.8 Å². The van der Waals surface area contributed by atoms with E-state index in [9.17, 15) is 9.90 Å². The number of carbonyl (C=O) groups excluding carboxylic acids is 1. The maximum Gasteiger partial charge on any atom is 0.242 e. The zero-order valence-electron chi connectivity index (χ0n) is 13.0. The summed E-state index contributed by atoms with van der Waals surface area (Å²) in [6.45, 7) is 5.70. The molecule has 1 N–H and O–H groups in total. The summed E-state index contributed by atoms with van der Waals surface area (Å²) in [6.07, 6.45) is 9.54. The minimum atomic E-state index is -0.717. The number of aliphatic hydroxyl groups excluding tert-OH is 1. The Kier molecular flexibility index (Phi) is 8.11. The monoisotopic (exact) mass is 347 g/mol. The lowest BCUT2D eigenvalue weighted by Crippen LogP contribution is -2.44. The molecule has 1 saturated heterocycles. The number of unbranched alkanes of at least 4 members (excludes halogenated alkanes) is 6. The standard InChI is InChI=1S/C16H30BrNO2/c1-3-5-6-7-8-9-10-11-14(19)16(17)12-13-18(4-2)15(16)20/h14,19H,3-13H2,1-2H3. The predicted molar refractivity (Wildman–Crippen MR) is 87.1 cm³/mol. The number of aliphatic hydroxyl groups is 1. The molecule has 0 aliphatic carbocycles. The zero-order valence-corrected chi connectivity index (χ0v) is 14.6. The highest BCUT2D eigenvalue weighted by Crippen LogP contribution is 2.37. The van der Waals surface area contributed by atoms with Gasteiger partial charge in [0, 0.05) is 13.1 Å². The molecule has 0 aromatic carbocycles. The Morgan fingerprint density at radius 2 is 1.80 bits per heavy atom. The van der Waals surface area contributed by atoms with E-state index in [1.54, 1.807) is 0 Å². The number of amides is 1. The fraction of sp³-hybridized carbons (Fsp3) is 0.938. The molecule has 20 heavy (non-hydrogen) atoms. The largest absolute Gasteiger partial charge is 0.391 e. The highest BCUT2D eigenvalue weighted by atomic mass is 79.9. The van der Waals surface area contributed by atoms with E-state index in [-0.39, 0.29) is 5.91 Å². The highest BCUT2D eigenvalue weighted by molar-refractivity contribution is 9.10. The molecule has 3 nitrogen and oxygen atoms in total. The number of rotatable bonds is 10. The van der Waals surface area contributed by atoms with Crippen molar-refractivity contribution in [2.75, 3.05) is 13.1 Å². The van der Waals surface area contributed by atoms with Gasteiger partial charge in [-0.1, -0.05) is 67.8 Å². The van der Waals surface area contributed by atoms with Crippen molar-refractivity contribution in [3.8, 4) is 0 Å². The number of likely N-dealkylation sites (tertiary alicyclic amines) is 1. The van der Waals surface area contributed by atoms with E-state index in [2.05, 4.69) is 22.9 Å². The summed E-state index contributed by atoms with van der Waals surface area (Å²) < 4.78 is -0.717. The first-order valence-electron chi connectivity index (χ1n) is 8.22. The molecule has 0 aromatic heterocycles. The van der Waals surface area contributed by atoms with Crippen LogP contribution in [0.2, 0.25) is 0 Å². The van der Waals surface area contributed by atoms with Gasteiger partial charge < -0.3 is 10.0 Å². The summed E-state index contributed by atoms with van der Waals surface area (Å²) >= 11 is 3.52. The highest BCUT2D eigenvalue weighted by Gasteiger charge is 2.48. The van der Waals surface area contributed by atoms with Gasteiger partial charge in [-0.25, -0.2) is 0 Å². The van der Waals surface area contributed by atoms with Crippen molar-refractivity contribution >= 4 is 21.8 Å². The number of hydrogen-bond acceptors (Lipinski definition) is 2. The molecule has 118 valence electrons. The summed E-state index contributed by atoms with van der Waals surface area (Å²) in [5.41, 5.74) is 0. The van der Waals surface area contributed by atoms with Crippen molar-refractivity contribution in [2.45, 2.75) is 82.1 Å². The summed E-state index contributed by atoms with van der Waals surface area (Å²) in [6, 6.07) is 0. The van der Waals surface area contributed by atoms with Crippen LogP contribution in [0, 0.1) is 0 Å². The lowest BCUT2D eigenvalue weighted by atomic mass is 9.95. The molecule has 1 rings (SSSR count). The molecule has 0 radical (unpaired) electrons. The molecule has 2 unspecified atom stereocenters. The summed E-state index contributed by atoms with van der Waals surface area (Å²) in [7, 11) is 0. The number of carbonyl (C=O) groups is 1. The third kappa shape index (κ3) is 4.73. The maximum absolute atomic E-state index is 12.2. The normalized spacial score (nSPS) is 24.4. The first-order valence-corrected chi connectivity index (χ1v) is 9.02. The van der Waals surface area contributed by atoms with Crippen LogP contribution < -0.4 is 0 Å². The van der Waals surface area contributed by atoms with E-state index in [1.807, 2.05) is 11.8 Å². The van der Waals surface area contributed by atoms with Gasteiger partial charge in [0.15, 0.2) is 0 Å². The number of alkyl halides is 1. The van der Waals surface area contributed by atoms with Gasteiger partial charge in [-0.15, -0.1) is 0 Å². The van der Waals surface area contributed by atoms with E-state index in [1.165, 1.54) is 32.1 Å². The summed E-state index contributed by atoms with van der Waals surface area (Å²) in [5, 5.41) is 10.3. The topological polar surface area (TPSA) is 40.5 Å². The molecule has 1 heterocycles. The molecular weight excluding hydrogens is 318 g/mol. The SMILES string of the molecule is CCCCCCCCCC(O)C1(Br)CCN(CC)C1=O. The smallest absolute Gasteiger partial charge is 0.242 e. The van der Waals surface area contributed by atoms with Crippen molar-refractivity contribution in [3.05, 3.63) is 0 Å². The van der Waals surface area contributed by atoms with E-state index < -0.39 is 10.4 Å². The first kappa shape index (κ1) is 18.0. The molecule has 4 heteroatoms. The van der Waals surface area contributed by atoms with Gasteiger partial charge in [0.05, 0.1) is 6.10 Å². The summed E-state index contributed by atoms with van der Waals surface area (Å²) in [5.74, 6) is 0.0652. The van der Waals surface area contributed by atoms with Gasteiger partial charge in [0.25, 0.3) is 0 Å². The lowest BCUT2D eigenvalue weighted by molar-refractivity contribution is -0.131. The Morgan fingerprint density at radius 1 is 1.20 bits per heavy atom. The Labute approximate surface area is 132 Å². The van der Waals surface area contributed by atoms with Crippen LogP contribution in [0.1, 0.15) is 71.6 Å². The van der Waals surface area contributed by atoms with E-state index in [0.29, 0.717) is 0 Å². The van der Waals surface area contributed by atoms with Gasteiger partial charge in [-0.2, -0.15) is 0 Å². The molecule has 2 atom stereocenters. The van der Waals surface area contributed by atoms with Crippen LogP contribution in [0.15, 0.2) is 0 Å². The lowest BCUT2D eigenvalue weighted by Gasteiger charge is -2.26. The number of hydrogen-bond donors (Lipinski definition) is 1. The van der Waals surface area contributed by atoms with Crippen molar-refractivity contribution in [1.82, 2.24) is 4.90 Å². The van der Waals surface area contributed by atoms with E-state index >= 15 is 0 Å². The fourth-order valence-corrected chi connectivity index (χ4v) is 3.56. The van der Waals surface area contributed by atoms with Crippen molar-refractivity contribution < 1.29 is 9.90 Å². The maximum atomic E-state index is 12.2. The Hall–Kier alpha value is -0.0900. The van der Waals surface area contributed by atoms with Crippen LogP contribution in [0.3, 0.4) is 0 Å². The van der Waals surface area contributed by atoms with Crippen molar-refractivity contribution in [1.29, 1.82) is 0 Å². The first-order chi connectivity index (χ1) is 9.56. The van der Waals surface area contributed by atoms with Crippen molar-refractivity contribution in [2.24, 2.45) is 0 Å². The van der Waals surface area contributed by atoms with E-state index in [4.69, 9.17) is 0 Å². The van der Waals surface area contributed by atoms with Gasteiger partial charge in [-0.3, -0.25) is 4.79 Å². The number of halogens is 1. The minimum Gasteiger partial charge on any atom is -0.391 e. The molecule has 0 saturated carbocycles. The Morgan fingerprint density at radius 3 is 2.35 bits per heavy atom. The van der Waals surface area contributed by atoms with E-state index in [0.717, 1.165) is 38.8 Å². The zero-order chi connectivity index (χ0) is 15.0. The predicted octanol–water partition coefficient (Wildman–Crippen LogP) is 3.87. The molecular formula is C16H30BrNO2. The molecule has 1 fully saturated rings. The van der Waals surface area contributed by atoms with Gasteiger partial charge in [0.1, 0.15) is 4.32 Å². The Balaban J connectivity index is 2.22. The number of nitrogens with zero attached hydrogens (tertiary/aromatic N) is 1. The molecule has 1 amide bonds. The second-order valence-corrected chi connectivity index (χ2v) is 7.34. The van der Waals surface area contributed by atoms with Crippen LogP contribution in [-0.2, 0) is 4.79 Å². The Bertz CT molecular complexity index is 298.